The first-order chi connectivity index (χ1) is 8.31. The molecule has 1 N–H and O–H groups in total. The van der Waals surface area contributed by atoms with Crippen molar-refractivity contribution in [1.29, 1.82) is 0 Å². The first kappa shape index (κ1) is 15.0. The molecule has 98 valence electrons. The number of hydrogen-bond acceptors (Lipinski definition) is 1. The minimum Gasteiger partial charge on any atom is -0.388 e. The lowest BCUT2D eigenvalue weighted by Gasteiger charge is -2.19. The molecule has 1 aromatic carbocycles. The second kappa shape index (κ2) is 6.19. The topological polar surface area (TPSA) is 20.2 Å². The summed E-state index contributed by atoms with van der Waals surface area (Å²) in [5.74, 6) is 0. The molecule has 0 aliphatic rings. The number of aliphatic hydroxyl groups is 1. The van der Waals surface area contributed by atoms with Crippen molar-refractivity contribution in [1.82, 2.24) is 0 Å². The van der Waals surface area contributed by atoms with Crippen molar-refractivity contribution in [2.24, 2.45) is 0 Å². The van der Waals surface area contributed by atoms with Gasteiger partial charge in [0.25, 0.3) is 0 Å². The highest BCUT2D eigenvalue weighted by molar-refractivity contribution is 6.76. The van der Waals surface area contributed by atoms with Gasteiger partial charge in [0.15, 0.2) is 0 Å². The molecular formula is C16H24OSi. The van der Waals surface area contributed by atoms with Crippen LogP contribution in [-0.2, 0) is 0 Å². The molecule has 1 unspecified atom stereocenters. The van der Waals surface area contributed by atoms with Crippen LogP contribution < -0.4 is 0 Å². The highest BCUT2D eigenvalue weighted by Crippen LogP contribution is 2.26. The molecule has 0 aliphatic heterocycles. The minimum atomic E-state index is -1.17. The molecule has 0 fully saturated rings. The maximum absolute atomic E-state index is 10.2. The van der Waals surface area contributed by atoms with E-state index in [0.717, 1.165) is 17.2 Å². The first-order valence-corrected chi connectivity index (χ1v) is 10.1. The number of rotatable bonds is 5. The van der Waals surface area contributed by atoms with Gasteiger partial charge in [-0.15, -0.1) is 5.73 Å². The van der Waals surface area contributed by atoms with Crippen molar-refractivity contribution in [2.45, 2.75) is 45.1 Å². The predicted octanol–water partition coefficient (Wildman–Crippen LogP) is 4.47. The fourth-order valence-corrected chi connectivity index (χ4v) is 3.54. The van der Waals surface area contributed by atoms with Gasteiger partial charge in [0.2, 0.25) is 0 Å². The Labute approximate surface area is 112 Å². The summed E-state index contributed by atoms with van der Waals surface area (Å²) < 4.78 is 0. The number of benzene rings is 1. The normalized spacial score (nSPS) is 12.9. The van der Waals surface area contributed by atoms with Gasteiger partial charge in [0.1, 0.15) is 0 Å². The SMILES string of the molecule is C=C=C(CC(O)c1ccc(C)cc1)C[Si](C)(C)C. The highest BCUT2D eigenvalue weighted by Gasteiger charge is 2.18. The van der Waals surface area contributed by atoms with E-state index in [1.165, 1.54) is 5.56 Å². The Kier molecular flexibility index (Phi) is 5.15. The van der Waals surface area contributed by atoms with Crippen LogP contribution in [0.5, 0.6) is 0 Å². The molecule has 0 saturated heterocycles. The van der Waals surface area contributed by atoms with E-state index >= 15 is 0 Å². The van der Waals surface area contributed by atoms with Gasteiger partial charge in [-0.05, 0) is 24.1 Å². The molecule has 0 spiro atoms. The van der Waals surface area contributed by atoms with Gasteiger partial charge in [-0.1, -0.05) is 56.0 Å². The summed E-state index contributed by atoms with van der Waals surface area (Å²) in [4.78, 5) is 0. The predicted molar refractivity (Wildman–Crippen MR) is 81.6 cm³/mol. The lowest BCUT2D eigenvalue weighted by Crippen LogP contribution is -2.20. The van der Waals surface area contributed by atoms with Crippen LogP contribution in [0.2, 0.25) is 25.7 Å². The molecule has 0 radical (unpaired) electrons. The van der Waals surface area contributed by atoms with E-state index in [1.807, 2.05) is 24.3 Å². The number of aryl methyl sites for hydroxylation is 1. The first-order valence-electron chi connectivity index (χ1n) is 6.44. The van der Waals surface area contributed by atoms with Crippen LogP contribution in [0.25, 0.3) is 0 Å². The van der Waals surface area contributed by atoms with E-state index in [2.05, 4.69) is 38.9 Å². The summed E-state index contributed by atoms with van der Waals surface area (Å²) in [6, 6.07) is 9.12. The molecule has 0 amide bonds. The van der Waals surface area contributed by atoms with Gasteiger partial charge in [0, 0.05) is 14.5 Å². The van der Waals surface area contributed by atoms with Crippen LogP contribution in [-0.4, -0.2) is 13.2 Å². The van der Waals surface area contributed by atoms with Crippen molar-refractivity contribution >= 4 is 8.07 Å². The van der Waals surface area contributed by atoms with Crippen LogP contribution in [0.15, 0.2) is 42.1 Å². The molecule has 1 aromatic rings. The highest BCUT2D eigenvalue weighted by atomic mass is 28.3. The van der Waals surface area contributed by atoms with E-state index < -0.39 is 14.2 Å². The van der Waals surface area contributed by atoms with Gasteiger partial charge >= 0.3 is 0 Å². The summed E-state index contributed by atoms with van der Waals surface area (Å²) in [7, 11) is -1.17. The molecule has 0 heterocycles. The van der Waals surface area contributed by atoms with Gasteiger partial charge in [0.05, 0.1) is 6.10 Å². The molecule has 0 bridgehead atoms. The Morgan fingerprint density at radius 2 is 1.83 bits per heavy atom. The molecular weight excluding hydrogens is 236 g/mol. The monoisotopic (exact) mass is 260 g/mol. The molecule has 1 atom stereocenters. The molecule has 0 aromatic heterocycles. The second-order valence-corrected chi connectivity index (χ2v) is 11.6. The van der Waals surface area contributed by atoms with Crippen molar-refractivity contribution in [3.63, 3.8) is 0 Å². The zero-order chi connectivity index (χ0) is 13.8. The Bertz CT molecular complexity index is 433. The fourth-order valence-electron chi connectivity index (χ4n) is 1.99. The largest absolute Gasteiger partial charge is 0.388 e. The van der Waals surface area contributed by atoms with Crippen molar-refractivity contribution in [2.75, 3.05) is 0 Å². The molecule has 2 heteroatoms. The third-order valence-electron chi connectivity index (χ3n) is 2.90. The lowest BCUT2D eigenvalue weighted by atomic mass is 10.0. The Balaban J connectivity index is 2.71. The summed E-state index contributed by atoms with van der Waals surface area (Å²) in [5, 5.41) is 10.2. The maximum Gasteiger partial charge on any atom is 0.0833 e. The molecule has 1 rings (SSSR count). The Morgan fingerprint density at radius 3 is 2.28 bits per heavy atom. The van der Waals surface area contributed by atoms with Crippen LogP contribution in [0.3, 0.4) is 0 Å². The van der Waals surface area contributed by atoms with E-state index in [-0.39, 0.29) is 0 Å². The standard InChI is InChI=1S/C16H24OSi/c1-6-14(12-18(3,4)5)11-16(17)15-9-7-13(2)8-10-15/h7-10,16-17H,1,11-12H2,2-5H3. The van der Waals surface area contributed by atoms with E-state index in [4.69, 9.17) is 0 Å². The van der Waals surface area contributed by atoms with E-state index in [9.17, 15) is 5.11 Å². The summed E-state index contributed by atoms with van der Waals surface area (Å²) >= 11 is 0. The molecule has 0 aliphatic carbocycles. The van der Waals surface area contributed by atoms with E-state index in [0.29, 0.717) is 6.42 Å². The average molecular weight is 260 g/mol. The number of hydrogen-bond donors (Lipinski definition) is 1. The minimum absolute atomic E-state index is 0.439. The smallest absolute Gasteiger partial charge is 0.0833 e. The Morgan fingerprint density at radius 1 is 1.28 bits per heavy atom. The van der Waals surface area contributed by atoms with Crippen LogP contribution >= 0.6 is 0 Å². The molecule has 18 heavy (non-hydrogen) atoms. The van der Waals surface area contributed by atoms with Crippen LogP contribution in [0.4, 0.5) is 0 Å². The van der Waals surface area contributed by atoms with Crippen molar-refractivity contribution in [3.05, 3.63) is 53.3 Å². The Hall–Kier alpha value is -1.08. The van der Waals surface area contributed by atoms with Gasteiger partial charge < -0.3 is 5.11 Å². The van der Waals surface area contributed by atoms with Crippen LogP contribution in [0.1, 0.15) is 23.7 Å². The zero-order valence-electron chi connectivity index (χ0n) is 12.0. The molecule has 0 saturated carbocycles. The third kappa shape index (κ3) is 5.05. The van der Waals surface area contributed by atoms with Gasteiger partial charge in [-0.25, -0.2) is 0 Å². The summed E-state index contributed by atoms with van der Waals surface area (Å²) in [5.41, 5.74) is 6.36. The van der Waals surface area contributed by atoms with E-state index in [1.54, 1.807) is 0 Å². The third-order valence-corrected chi connectivity index (χ3v) is 4.38. The van der Waals surface area contributed by atoms with Crippen LogP contribution in [0, 0.1) is 6.92 Å². The summed E-state index contributed by atoms with van der Waals surface area (Å²) in [6.45, 7) is 12.8. The fraction of sp³-hybridized carbons (Fsp3) is 0.438. The van der Waals surface area contributed by atoms with Crippen molar-refractivity contribution < 1.29 is 5.11 Å². The average Bonchev–Trinajstić information content (AvgIpc) is 2.27. The summed E-state index contributed by atoms with van der Waals surface area (Å²) in [6.07, 6.45) is 0.211. The van der Waals surface area contributed by atoms with Gasteiger partial charge in [-0.3, -0.25) is 0 Å². The maximum atomic E-state index is 10.2. The number of aliphatic hydroxyl groups excluding tert-OH is 1. The quantitative estimate of drug-likeness (QED) is 0.612. The lowest BCUT2D eigenvalue weighted by molar-refractivity contribution is 0.178. The molecule has 1 nitrogen and oxygen atoms in total. The zero-order valence-corrected chi connectivity index (χ0v) is 13.0. The second-order valence-electron chi connectivity index (χ2n) is 6.15. The van der Waals surface area contributed by atoms with Crippen molar-refractivity contribution in [3.8, 4) is 0 Å². The van der Waals surface area contributed by atoms with Gasteiger partial charge in [-0.2, -0.15) is 0 Å².